The maximum Gasteiger partial charge on any atom is 0.155 e. The van der Waals surface area contributed by atoms with Gasteiger partial charge < -0.3 is 10.4 Å². The lowest BCUT2D eigenvalue weighted by Gasteiger charge is -2.11. The van der Waals surface area contributed by atoms with E-state index in [2.05, 4.69) is 15.6 Å². The van der Waals surface area contributed by atoms with Gasteiger partial charge in [-0.05, 0) is 0 Å². The van der Waals surface area contributed by atoms with Crippen LogP contribution in [0.5, 0.6) is 0 Å². The topological polar surface area (TPSA) is 97.1 Å². The van der Waals surface area contributed by atoms with E-state index in [0.717, 1.165) is 5.69 Å². The Bertz CT molecular complexity index is 511. The van der Waals surface area contributed by atoms with E-state index in [4.69, 9.17) is 0 Å². The van der Waals surface area contributed by atoms with Crippen molar-refractivity contribution in [3.63, 3.8) is 0 Å². The minimum atomic E-state index is -3.16. The van der Waals surface area contributed by atoms with Gasteiger partial charge in [0.05, 0.1) is 35.5 Å². The lowest BCUT2D eigenvalue weighted by atomic mass is 10.2. The predicted octanol–water partition coefficient (Wildman–Crippen LogP) is -0.893. The smallest absolute Gasteiger partial charge is 0.155 e. The second-order valence-corrected chi connectivity index (χ2v) is 7.09. The number of aliphatic hydroxyl groups is 1. The molecule has 1 saturated heterocycles. The van der Waals surface area contributed by atoms with E-state index in [1.807, 2.05) is 13.8 Å². The second kappa shape index (κ2) is 4.94. The SMILES string of the molecule is CC(C)NCc1cn(C2CS(=O)(=O)CC2O)nn1. The second-order valence-electron chi connectivity index (χ2n) is 4.94. The first-order valence-corrected chi connectivity index (χ1v) is 7.72. The molecule has 102 valence electrons. The first-order chi connectivity index (χ1) is 8.37. The number of nitrogens with one attached hydrogen (secondary N) is 1. The molecule has 1 aliphatic rings. The molecule has 18 heavy (non-hydrogen) atoms. The Balaban J connectivity index is 2.06. The Kier molecular flexibility index (Phi) is 3.69. The lowest BCUT2D eigenvalue weighted by Crippen LogP contribution is -2.23. The number of aromatic nitrogens is 3. The number of rotatable bonds is 4. The molecule has 0 saturated carbocycles. The Morgan fingerprint density at radius 3 is 2.83 bits per heavy atom. The van der Waals surface area contributed by atoms with Crippen LogP contribution in [0.2, 0.25) is 0 Å². The molecule has 0 bridgehead atoms. The summed E-state index contributed by atoms with van der Waals surface area (Å²) in [5.41, 5.74) is 0.736. The lowest BCUT2D eigenvalue weighted by molar-refractivity contribution is 0.145. The summed E-state index contributed by atoms with van der Waals surface area (Å²) in [5, 5.41) is 20.8. The average molecular weight is 274 g/mol. The van der Waals surface area contributed by atoms with Crippen molar-refractivity contribution in [1.82, 2.24) is 20.3 Å². The highest BCUT2D eigenvalue weighted by Crippen LogP contribution is 2.23. The molecule has 2 heterocycles. The molecule has 1 aromatic heterocycles. The van der Waals surface area contributed by atoms with Crippen LogP contribution in [0.25, 0.3) is 0 Å². The minimum absolute atomic E-state index is 0.0748. The summed E-state index contributed by atoms with van der Waals surface area (Å²) < 4.78 is 24.3. The van der Waals surface area contributed by atoms with Gasteiger partial charge in [-0.25, -0.2) is 13.1 Å². The summed E-state index contributed by atoms with van der Waals surface area (Å²) in [7, 11) is -3.16. The first kappa shape index (κ1) is 13.4. The average Bonchev–Trinajstić information content (AvgIpc) is 2.79. The van der Waals surface area contributed by atoms with Crippen LogP contribution in [0.15, 0.2) is 6.20 Å². The zero-order valence-electron chi connectivity index (χ0n) is 10.4. The summed E-state index contributed by atoms with van der Waals surface area (Å²) in [6.45, 7) is 4.63. The molecule has 2 N–H and O–H groups in total. The Hall–Kier alpha value is -0.990. The van der Waals surface area contributed by atoms with Crippen LogP contribution in [0.3, 0.4) is 0 Å². The van der Waals surface area contributed by atoms with E-state index in [0.29, 0.717) is 12.6 Å². The van der Waals surface area contributed by atoms with Gasteiger partial charge in [0.1, 0.15) is 0 Å². The van der Waals surface area contributed by atoms with Crippen LogP contribution in [0, 0.1) is 0 Å². The quantitative estimate of drug-likeness (QED) is 0.739. The monoisotopic (exact) mass is 274 g/mol. The molecule has 2 rings (SSSR count). The highest BCUT2D eigenvalue weighted by molar-refractivity contribution is 7.91. The van der Waals surface area contributed by atoms with Gasteiger partial charge >= 0.3 is 0 Å². The predicted molar refractivity (Wildman–Crippen MR) is 65.7 cm³/mol. The summed E-state index contributed by atoms with van der Waals surface area (Å²) >= 11 is 0. The molecule has 0 amide bonds. The van der Waals surface area contributed by atoms with Crippen molar-refractivity contribution in [2.45, 2.75) is 38.6 Å². The maximum atomic E-state index is 11.4. The van der Waals surface area contributed by atoms with Crippen LogP contribution < -0.4 is 5.32 Å². The summed E-state index contributed by atoms with van der Waals surface area (Å²) in [5.74, 6) is -0.272. The fourth-order valence-electron chi connectivity index (χ4n) is 1.93. The third-order valence-electron chi connectivity index (χ3n) is 2.88. The fourth-order valence-corrected chi connectivity index (χ4v) is 3.70. The number of sulfone groups is 1. The third kappa shape index (κ3) is 3.06. The molecular formula is C10H18N4O3S. The van der Waals surface area contributed by atoms with Gasteiger partial charge in [0, 0.05) is 12.6 Å². The number of aliphatic hydroxyl groups excluding tert-OH is 1. The van der Waals surface area contributed by atoms with Gasteiger partial charge in [-0.1, -0.05) is 19.1 Å². The molecule has 1 aromatic rings. The molecule has 0 aliphatic carbocycles. The van der Waals surface area contributed by atoms with Gasteiger partial charge in [0.25, 0.3) is 0 Å². The van der Waals surface area contributed by atoms with Gasteiger partial charge in [0.15, 0.2) is 9.84 Å². The minimum Gasteiger partial charge on any atom is -0.390 e. The van der Waals surface area contributed by atoms with Crippen molar-refractivity contribution in [3.8, 4) is 0 Å². The largest absolute Gasteiger partial charge is 0.390 e. The fraction of sp³-hybridized carbons (Fsp3) is 0.800. The van der Waals surface area contributed by atoms with Crippen molar-refractivity contribution in [2.75, 3.05) is 11.5 Å². The van der Waals surface area contributed by atoms with Crippen LogP contribution in [0.1, 0.15) is 25.6 Å². The van der Waals surface area contributed by atoms with E-state index in [1.54, 1.807) is 6.20 Å². The Morgan fingerprint density at radius 1 is 1.56 bits per heavy atom. The van der Waals surface area contributed by atoms with Gasteiger partial charge in [0.2, 0.25) is 0 Å². The summed E-state index contributed by atoms with van der Waals surface area (Å²) in [6, 6.07) is -0.178. The molecule has 1 aliphatic heterocycles. The number of nitrogens with zero attached hydrogens (tertiary/aromatic N) is 3. The van der Waals surface area contributed by atoms with Gasteiger partial charge in [-0.15, -0.1) is 5.10 Å². The molecule has 1 fully saturated rings. The third-order valence-corrected chi connectivity index (χ3v) is 4.58. The van der Waals surface area contributed by atoms with Crippen molar-refractivity contribution in [1.29, 1.82) is 0 Å². The van der Waals surface area contributed by atoms with Crippen molar-refractivity contribution < 1.29 is 13.5 Å². The van der Waals surface area contributed by atoms with Gasteiger partial charge in [-0.3, -0.25) is 0 Å². The molecule has 8 heteroatoms. The van der Waals surface area contributed by atoms with Crippen LogP contribution in [-0.4, -0.2) is 52.2 Å². The van der Waals surface area contributed by atoms with Gasteiger partial charge in [-0.2, -0.15) is 0 Å². The van der Waals surface area contributed by atoms with Crippen molar-refractivity contribution in [2.24, 2.45) is 0 Å². The van der Waals surface area contributed by atoms with E-state index in [9.17, 15) is 13.5 Å². The number of hydrogen-bond acceptors (Lipinski definition) is 6. The Labute approximate surface area is 106 Å². The summed E-state index contributed by atoms with van der Waals surface area (Å²) in [6.07, 6.45) is 0.784. The van der Waals surface area contributed by atoms with Crippen LogP contribution in [0.4, 0.5) is 0 Å². The highest BCUT2D eigenvalue weighted by atomic mass is 32.2. The van der Waals surface area contributed by atoms with E-state index in [1.165, 1.54) is 4.68 Å². The van der Waals surface area contributed by atoms with Crippen LogP contribution in [-0.2, 0) is 16.4 Å². The first-order valence-electron chi connectivity index (χ1n) is 5.90. The van der Waals surface area contributed by atoms with E-state index >= 15 is 0 Å². The molecule has 2 unspecified atom stereocenters. The van der Waals surface area contributed by atoms with Crippen molar-refractivity contribution >= 4 is 9.84 Å². The van der Waals surface area contributed by atoms with E-state index < -0.39 is 22.0 Å². The molecular weight excluding hydrogens is 256 g/mol. The molecule has 2 atom stereocenters. The van der Waals surface area contributed by atoms with E-state index in [-0.39, 0.29) is 11.5 Å². The zero-order valence-corrected chi connectivity index (χ0v) is 11.3. The Morgan fingerprint density at radius 2 is 2.28 bits per heavy atom. The van der Waals surface area contributed by atoms with Crippen molar-refractivity contribution in [3.05, 3.63) is 11.9 Å². The summed E-state index contributed by atoms with van der Waals surface area (Å²) in [4.78, 5) is 0. The maximum absolute atomic E-state index is 11.4. The number of hydrogen-bond donors (Lipinski definition) is 2. The molecule has 0 spiro atoms. The molecule has 7 nitrogen and oxygen atoms in total. The standard InChI is InChI=1S/C10H18N4O3S/c1-7(2)11-3-8-4-14(13-12-8)9-5-18(16,17)6-10(9)15/h4,7,9-11,15H,3,5-6H2,1-2H3. The highest BCUT2D eigenvalue weighted by Gasteiger charge is 2.38. The molecule has 0 aromatic carbocycles. The van der Waals surface area contributed by atoms with Crippen LogP contribution >= 0.6 is 0 Å². The zero-order chi connectivity index (χ0) is 13.3. The normalized spacial score (nSPS) is 26.9. The molecule has 0 radical (unpaired) electrons.